The van der Waals surface area contributed by atoms with Crippen LogP contribution in [0.5, 0.6) is 5.75 Å². The molecule has 0 aliphatic rings. The van der Waals surface area contributed by atoms with Gasteiger partial charge in [0.05, 0.1) is 17.5 Å². The number of hydrogen-bond donors (Lipinski definition) is 1. The van der Waals surface area contributed by atoms with Crippen molar-refractivity contribution in [1.82, 2.24) is 5.43 Å². The maximum Gasteiger partial charge on any atom is 0.314 e. The summed E-state index contributed by atoms with van der Waals surface area (Å²) in [5.41, 5.74) is 2.86. The van der Waals surface area contributed by atoms with Crippen LogP contribution in [-0.4, -0.2) is 30.3 Å². The van der Waals surface area contributed by atoms with Crippen LogP contribution in [0.2, 0.25) is 10.0 Å². The molecular weight excluding hydrogens is 367 g/mol. The van der Waals surface area contributed by atoms with Crippen LogP contribution >= 0.6 is 23.2 Å². The lowest BCUT2D eigenvalue weighted by molar-refractivity contribution is -0.145. The van der Waals surface area contributed by atoms with Crippen molar-refractivity contribution in [3.05, 3.63) is 28.2 Å². The van der Waals surface area contributed by atoms with Crippen molar-refractivity contribution in [1.29, 1.82) is 0 Å². The van der Waals surface area contributed by atoms with Crippen molar-refractivity contribution in [3.63, 3.8) is 0 Å². The average molecular weight is 389 g/mol. The van der Waals surface area contributed by atoms with E-state index in [1.165, 1.54) is 6.07 Å². The van der Waals surface area contributed by atoms with Crippen LogP contribution in [0.1, 0.15) is 34.1 Å². The third-order valence-corrected chi connectivity index (χ3v) is 3.92. The number of rotatable bonds is 8. The molecule has 0 bridgehead atoms. The van der Waals surface area contributed by atoms with Gasteiger partial charge in [-0.05, 0) is 45.4 Å². The lowest BCUT2D eigenvalue weighted by atomic mass is 10.0. The molecule has 1 N–H and O–H groups in total. The molecule has 0 fully saturated rings. The van der Waals surface area contributed by atoms with Crippen molar-refractivity contribution in [3.8, 4) is 5.75 Å². The third kappa shape index (κ3) is 6.55. The fourth-order valence-corrected chi connectivity index (χ4v) is 2.46. The minimum Gasteiger partial charge on any atom is -0.479 e. The molecule has 0 radical (unpaired) electrons. The van der Waals surface area contributed by atoms with Crippen molar-refractivity contribution in [2.24, 2.45) is 11.0 Å². The number of amides is 1. The second-order valence-corrected chi connectivity index (χ2v) is 6.12. The van der Waals surface area contributed by atoms with Crippen LogP contribution in [0.25, 0.3) is 0 Å². The number of carbonyl (C=O) groups is 2. The van der Waals surface area contributed by atoms with Gasteiger partial charge in [-0.3, -0.25) is 9.59 Å². The van der Waals surface area contributed by atoms with Gasteiger partial charge in [0.15, 0.2) is 6.10 Å². The molecule has 8 heteroatoms. The Morgan fingerprint density at radius 3 is 2.52 bits per heavy atom. The molecule has 138 valence electrons. The van der Waals surface area contributed by atoms with Gasteiger partial charge in [0.25, 0.3) is 5.91 Å². The molecule has 2 atom stereocenters. The van der Waals surface area contributed by atoms with Gasteiger partial charge in [-0.25, -0.2) is 5.43 Å². The van der Waals surface area contributed by atoms with E-state index in [1.807, 2.05) is 6.92 Å². The molecule has 1 rings (SSSR count). The number of benzene rings is 1. The third-order valence-electron chi connectivity index (χ3n) is 3.39. The molecule has 0 aliphatic carbocycles. The van der Waals surface area contributed by atoms with Crippen LogP contribution in [0.3, 0.4) is 0 Å². The predicted octanol–water partition coefficient (Wildman–Crippen LogP) is 3.84. The number of halogens is 2. The molecule has 1 aromatic rings. The van der Waals surface area contributed by atoms with E-state index in [1.54, 1.807) is 32.9 Å². The predicted molar refractivity (Wildman–Crippen MR) is 98.2 cm³/mol. The van der Waals surface area contributed by atoms with E-state index in [0.717, 1.165) is 0 Å². The minimum atomic E-state index is -0.835. The summed E-state index contributed by atoms with van der Waals surface area (Å²) in [5.74, 6) is -0.989. The second-order valence-electron chi connectivity index (χ2n) is 5.28. The lowest BCUT2D eigenvalue weighted by Crippen LogP contribution is -2.35. The molecule has 6 nitrogen and oxygen atoms in total. The lowest BCUT2D eigenvalue weighted by Gasteiger charge is -2.16. The van der Waals surface area contributed by atoms with E-state index in [2.05, 4.69) is 10.5 Å². The van der Waals surface area contributed by atoms with E-state index in [4.69, 9.17) is 32.7 Å². The SMILES string of the molecule is CCOC(=O)[C@H](CC)/C(C)=N/NC(=O)[C@H](C)Oc1ccc(Cl)cc1Cl. The topological polar surface area (TPSA) is 77.0 Å². The highest BCUT2D eigenvalue weighted by atomic mass is 35.5. The van der Waals surface area contributed by atoms with Crippen LogP contribution in [-0.2, 0) is 14.3 Å². The Hall–Kier alpha value is -1.79. The highest BCUT2D eigenvalue weighted by Gasteiger charge is 2.22. The Kier molecular flexibility index (Phi) is 8.72. The smallest absolute Gasteiger partial charge is 0.314 e. The maximum absolute atomic E-state index is 12.1. The summed E-state index contributed by atoms with van der Waals surface area (Å²) in [5, 5.41) is 4.76. The summed E-state index contributed by atoms with van der Waals surface area (Å²) in [6, 6.07) is 4.72. The van der Waals surface area contributed by atoms with Crippen LogP contribution in [0.4, 0.5) is 0 Å². The van der Waals surface area contributed by atoms with Crippen molar-refractivity contribution in [2.45, 2.75) is 40.2 Å². The summed E-state index contributed by atoms with van der Waals surface area (Å²) >= 11 is 11.8. The van der Waals surface area contributed by atoms with E-state index >= 15 is 0 Å². The van der Waals surface area contributed by atoms with Gasteiger partial charge < -0.3 is 9.47 Å². The summed E-state index contributed by atoms with van der Waals surface area (Å²) in [4.78, 5) is 23.9. The quantitative estimate of drug-likeness (QED) is 0.416. The number of esters is 1. The summed E-state index contributed by atoms with van der Waals surface area (Å²) in [6.45, 7) is 7.10. The van der Waals surface area contributed by atoms with E-state index < -0.39 is 17.9 Å². The Balaban J connectivity index is 2.68. The fourth-order valence-electron chi connectivity index (χ4n) is 2.00. The number of hydrazone groups is 1. The number of carbonyl (C=O) groups excluding carboxylic acids is 2. The monoisotopic (exact) mass is 388 g/mol. The zero-order valence-corrected chi connectivity index (χ0v) is 16.1. The van der Waals surface area contributed by atoms with Gasteiger partial charge in [0, 0.05) is 10.7 Å². The molecule has 0 aliphatic heterocycles. The van der Waals surface area contributed by atoms with E-state index in [0.29, 0.717) is 34.5 Å². The van der Waals surface area contributed by atoms with Crippen molar-refractivity contribution in [2.75, 3.05) is 6.61 Å². The Morgan fingerprint density at radius 1 is 1.28 bits per heavy atom. The number of hydrogen-bond acceptors (Lipinski definition) is 5. The fraction of sp³-hybridized carbons (Fsp3) is 0.471. The molecule has 25 heavy (non-hydrogen) atoms. The first kappa shape index (κ1) is 21.3. The zero-order valence-electron chi connectivity index (χ0n) is 14.6. The van der Waals surface area contributed by atoms with Crippen molar-refractivity contribution >= 4 is 40.8 Å². The Morgan fingerprint density at radius 2 is 1.96 bits per heavy atom. The standard InChI is InChI=1S/C17H22Cl2N2O4/c1-5-13(17(23)24-6-2)10(3)20-21-16(22)11(4)25-15-8-7-12(18)9-14(15)19/h7-9,11,13H,5-6H2,1-4H3,(H,21,22)/b20-10+/t11-,13+/m0/s1. The Bertz CT molecular complexity index is 650. The van der Waals surface area contributed by atoms with Crippen LogP contribution in [0, 0.1) is 5.92 Å². The molecule has 1 amide bonds. The number of nitrogens with zero attached hydrogens (tertiary/aromatic N) is 1. The maximum atomic E-state index is 12.1. The van der Waals surface area contributed by atoms with Gasteiger partial charge >= 0.3 is 5.97 Å². The number of ether oxygens (including phenoxy) is 2. The zero-order chi connectivity index (χ0) is 19.0. The van der Waals surface area contributed by atoms with Gasteiger partial charge in [-0.15, -0.1) is 0 Å². The molecule has 0 saturated heterocycles. The molecule has 0 unspecified atom stereocenters. The van der Waals surface area contributed by atoms with E-state index in [9.17, 15) is 9.59 Å². The second kappa shape index (κ2) is 10.3. The first-order chi connectivity index (χ1) is 11.8. The van der Waals surface area contributed by atoms with Gasteiger partial charge in [0.2, 0.25) is 0 Å². The van der Waals surface area contributed by atoms with Crippen LogP contribution in [0.15, 0.2) is 23.3 Å². The summed E-state index contributed by atoms with van der Waals surface area (Å²) in [6.07, 6.45) is -0.311. The normalized spacial score (nSPS) is 13.8. The van der Waals surface area contributed by atoms with Crippen LogP contribution < -0.4 is 10.2 Å². The average Bonchev–Trinajstić information content (AvgIpc) is 2.56. The van der Waals surface area contributed by atoms with Gasteiger partial charge in [0.1, 0.15) is 5.75 Å². The highest BCUT2D eigenvalue weighted by Crippen LogP contribution is 2.28. The molecule has 0 spiro atoms. The first-order valence-electron chi connectivity index (χ1n) is 7.92. The van der Waals surface area contributed by atoms with E-state index in [-0.39, 0.29) is 5.97 Å². The minimum absolute atomic E-state index is 0.293. The van der Waals surface area contributed by atoms with Gasteiger partial charge in [-0.1, -0.05) is 30.1 Å². The molecule has 0 aromatic heterocycles. The molecule has 0 heterocycles. The molecular formula is C17H22Cl2N2O4. The van der Waals surface area contributed by atoms with Gasteiger partial charge in [-0.2, -0.15) is 5.10 Å². The largest absolute Gasteiger partial charge is 0.479 e. The molecule has 1 aromatic carbocycles. The summed E-state index contributed by atoms with van der Waals surface area (Å²) < 4.78 is 10.5. The number of nitrogens with one attached hydrogen (secondary N) is 1. The highest BCUT2D eigenvalue weighted by molar-refractivity contribution is 6.35. The summed E-state index contributed by atoms with van der Waals surface area (Å²) in [7, 11) is 0. The van der Waals surface area contributed by atoms with Crippen molar-refractivity contribution < 1.29 is 19.1 Å². The first-order valence-corrected chi connectivity index (χ1v) is 8.68. The molecule has 0 saturated carbocycles. The Labute approximate surface area is 157 Å².